The molecule has 4 fully saturated rings. The zero-order chi connectivity index (χ0) is 21.5. The smallest absolute Gasteiger partial charge is 0.241 e. The second kappa shape index (κ2) is 8.31. The van der Waals surface area contributed by atoms with Crippen LogP contribution in [-0.4, -0.2) is 91.6 Å². The van der Waals surface area contributed by atoms with E-state index >= 15 is 0 Å². The van der Waals surface area contributed by atoms with E-state index in [-0.39, 0.29) is 29.8 Å². The first-order valence-corrected chi connectivity index (χ1v) is 11.5. The number of amides is 2. The van der Waals surface area contributed by atoms with Gasteiger partial charge < -0.3 is 19.4 Å². The lowest BCUT2D eigenvalue weighted by Crippen LogP contribution is -2.67. The molecule has 1 N–H and O–H groups in total. The van der Waals surface area contributed by atoms with E-state index in [1.54, 1.807) is 7.11 Å². The number of hydrogen-bond acceptors (Lipinski definition) is 6. The zero-order valence-electron chi connectivity index (χ0n) is 18.5. The average molecular weight is 428 g/mol. The number of piperazine rings is 2. The SMILES string of the molecule is COc1ccc(N2CCN(C(=O)C3CCC4C(C3)N(C)C(=O)C3CCNN34)CC2)cc1. The van der Waals surface area contributed by atoms with Gasteiger partial charge in [0.05, 0.1) is 7.11 Å². The Labute approximate surface area is 184 Å². The molecule has 4 aliphatic rings. The number of fused-ring (bicyclic) bond motifs is 3. The maximum absolute atomic E-state index is 13.3. The summed E-state index contributed by atoms with van der Waals surface area (Å²) in [5.74, 6) is 1.34. The Morgan fingerprint density at radius 3 is 2.48 bits per heavy atom. The first-order valence-electron chi connectivity index (χ1n) is 11.5. The molecule has 4 atom stereocenters. The number of anilines is 1. The normalized spacial score (nSPS) is 31.4. The van der Waals surface area contributed by atoms with Crippen molar-refractivity contribution in [3.05, 3.63) is 24.3 Å². The van der Waals surface area contributed by atoms with Crippen molar-refractivity contribution in [2.24, 2.45) is 5.92 Å². The molecule has 1 saturated carbocycles. The Morgan fingerprint density at radius 2 is 1.77 bits per heavy atom. The maximum atomic E-state index is 13.3. The molecule has 168 valence electrons. The highest BCUT2D eigenvalue weighted by Gasteiger charge is 2.50. The molecule has 5 rings (SSSR count). The van der Waals surface area contributed by atoms with E-state index in [2.05, 4.69) is 27.5 Å². The minimum atomic E-state index is -0.0236. The van der Waals surface area contributed by atoms with Crippen molar-refractivity contribution in [1.29, 1.82) is 0 Å². The summed E-state index contributed by atoms with van der Waals surface area (Å²) < 4.78 is 5.24. The van der Waals surface area contributed by atoms with Gasteiger partial charge in [-0.3, -0.25) is 15.0 Å². The van der Waals surface area contributed by atoms with Crippen molar-refractivity contribution in [3.63, 3.8) is 0 Å². The summed E-state index contributed by atoms with van der Waals surface area (Å²) in [6.45, 7) is 4.05. The highest BCUT2D eigenvalue weighted by atomic mass is 16.5. The zero-order valence-corrected chi connectivity index (χ0v) is 18.5. The van der Waals surface area contributed by atoms with Gasteiger partial charge in [0, 0.05) is 63.5 Å². The summed E-state index contributed by atoms with van der Waals surface area (Å²) in [7, 11) is 3.60. The Kier molecular flexibility index (Phi) is 5.52. The van der Waals surface area contributed by atoms with Gasteiger partial charge in [0.15, 0.2) is 0 Å². The number of carbonyl (C=O) groups is 2. The quantitative estimate of drug-likeness (QED) is 0.774. The van der Waals surface area contributed by atoms with Crippen LogP contribution in [0.25, 0.3) is 0 Å². The molecule has 0 radical (unpaired) electrons. The largest absolute Gasteiger partial charge is 0.497 e. The molecular weight excluding hydrogens is 394 g/mol. The number of carbonyl (C=O) groups excluding carboxylic acids is 2. The van der Waals surface area contributed by atoms with Crippen LogP contribution < -0.4 is 15.1 Å². The van der Waals surface area contributed by atoms with Crippen LogP contribution in [0, 0.1) is 5.92 Å². The van der Waals surface area contributed by atoms with E-state index in [1.165, 1.54) is 5.69 Å². The molecule has 0 bridgehead atoms. The number of nitrogens with one attached hydrogen (secondary N) is 1. The second-order valence-electron chi connectivity index (χ2n) is 9.22. The van der Waals surface area contributed by atoms with Gasteiger partial charge in [-0.25, -0.2) is 5.01 Å². The number of methoxy groups -OCH3 is 1. The van der Waals surface area contributed by atoms with Crippen molar-refractivity contribution >= 4 is 17.5 Å². The van der Waals surface area contributed by atoms with Crippen LogP contribution in [0.4, 0.5) is 5.69 Å². The predicted octanol–water partition coefficient (Wildman–Crippen LogP) is 0.932. The topological polar surface area (TPSA) is 68.4 Å². The van der Waals surface area contributed by atoms with Gasteiger partial charge >= 0.3 is 0 Å². The van der Waals surface area contributed by atoms with Crippen LogP contribution in [0.2, 0.25) is 0 Å². The second-order valence-corrected chi connectivity index (χ2v) is 9.22. The summed E-state index contributed by atoms with van der Waals surface area (Å²) in [4.78, 5) is 32.4. The third-order valence-corrected chi connectivity index (χ3v) is 7.69. The first-order chi connectivity index (χ1) is 15.1. The van der Waals surface area contributed by atoms with Crippen molar-refractivity contribution in [2.75, 3.05) is 51.8 Å². The van der Waals surface area contributed by atoms with E-state index in [9.17, 15) is 9.59 Å². The minimum absolute atomic E-state index is 0.0168. The number of hydrazine groups is 1. The number of hydrogen-bond donors (Lipinski definition) is 1. The number of benzene rings is 1. The highest BCUT2D eigenvalue weighted by Crippen LogP contribution is 2.37. The molecule has 3 heterocycles. The molecule has 3 saturated heterocycles. The lowest BCUT2D eigenvalue weighted by atomic mass is 9.78. The Bertz CT molecular complexity index is 823. The van der Waals surface area contributed by atoms with Crippen molar-refractivity contribution in [1.82, 2.24) is 20.2 Å². The lowest BCUT2D eigenvalue weighted by molar-refractivity contribution is -0.155. The lowest BCUT2D eigenvalue weighted by Gasteiger charge is -2.51. The van der Waals surface area contributed by atoms with E-state index < -0.39 is 0 Å². The van der Waals surface area contributed by atoms with Crippen molar-refractivity contribution in [3.8, 4) is 5.75 Å². The van der Waals surface area contributed by atoms with Gasteiger partial charge in [-0.2, -0.15) is 0 Å². The van der Waals surface area contributed by atoms with E-state index in [0.29, 0.717) is 6.04 Å². The standard InChI is InChI=1S/C23H33N5O3/c1-25-21-15-16(3-8-19(21)28-20(23(25)30)9-10-24-28)22(29)27-13-11-26(12-14-27)17-4-6-18(31-2)7-5-17/h4-7,16,19-21,24H,3,8-15H2,1-2H3. The Balaban J connectivity index is 1.19. The molecule has 1 aromatic rings. The fraction of sp³-hybridized carbons (Fsp3) is 0.652. The minimum Gasteiger partial charge on any atom is -0.497 e. The van der Waals surface area contributed by atoms with Crippen molar-refractivity contribution in [2.45, 2.75) is 43.8 Å². The monoisotopic (exact) mass is 427 g/mol. The summed E-state index contributed by atoms with van der Waals surface area (Å²) in [6, 6.07) is 8.54. The molecular formula is C23H33N5O3. The van der Waals surface area contributed by atoms with E-state index in [4.69, 9.17) is 4.74 Å². The molecule has 4 unspecified atom stereocenters. The van der Waals surface area contributed by atoms with Crippen LogP contribution in [0.15, 0.2) is 24.3 Å². The number of rotatable bonds is 3. The Morgan fingerprint density at radius 1 is 1.03 bits per heavy atom. The highest BCUT2D eigenvalue weighted by molar-refractivity contribution is 5.84. The third kappa shape index (κ3) is 3.65. The van der Waals surface area contributed by atoms with Gasteiger partial charge in [0.25, 0.3) is 0 Å². The molecule has 2 amide bonds. The molecule has 3 aliphatic heterocycles. The molecule has 1 aromatic carbocycles. The fourth-order valence-electron chi connectivity index (χ4n) is 5.90. The van der Waals surface area contributed by atoms with Gasteiger partial charge in [-0.15, -0.1) is 0 Å². The number of ether oxygens (including phenoxy) is 1. The van der Waals surface area contributed by atoms with E-state index in [1.807, 2.05) is 29.0 Å². The number of likely N-dealkylation sites (N-methyl/N-ethyl adjacent to an activating group) is 1. The average Bonchev–Trinajstić information content (AvgIpc) is 3.32. The predicted molar refractivity (Wildman–Crippen MR) is 118 cm³/mol. The first kappa shape index (κ1) is 20.6. The molecule has 8 heteroatoms. The van der Waals surface area contributed by atoms with Crippen LogP contribution in [-0.2, 0) is 9.59 Å². The molecule has 31 heavy (non-hydrogen) atoms. The molecule has 0 spiro atoms. The van der Waals surface area contributed by atoms with Crippen molar-refractivity contribution < 1.29 is 14.3 Å². The van der Waals surface area contributed by atoms with Gasteiger partial charge in [0.1, 0.15) is 11.8 Å². The van der Waals surface area contributed by atoms with Crippen LogP contribution in [0.3, 0.4) is 0 Å². The molecule has 8 nitrogen and oxygen atoms in total. The van der Waals surface area contributed by atoms with Gasteiger partial charge in [0.2, 0.25) is 11.8 Å². The molecule has 1 aliphatic carbocycles. The summed E-state index contributed by atoms with van der Waals surface area (Å²) in [5, 5.41) is 2.20. The van der Waals surface area contributed by atoms with Gasteiger partial charge in [-0.1, -0.05) is 0 Å². The van der Waals surface area contributed by atoms with Crippen LogP contribution in [0.5, 0.6) is 5.75 Å². The summed E-state index contributed by atoms with van der Waals surface area (Å²) in [6.07, 6.45) is 3.53. The van der Waals surface area contributed by atoms with Gasteiger partial charge in [-0.05, 0) is 49.9 Å². The Hall–Kier alpha value is -2.32. The third-order valence-electron chi connectivity index (χ3n) is 7.69. The maximum Gasteiger partial charge on any atom is 0.241 e. The number of nitrogens with zero attached hydrogens (tertiary/aromatic N) is 4. The summed E-state index contributed by atoms with van der Waals surface area (Å²) >= 11 is 0. The molecule has 0 aromatic heterocycles. The fourth-order valence-corrected chi connectivity index (χ4v) is 5.90. The summed E-state index contributed by atoms with van der Waals surface area (Å²) in [5.41, 5.74) is 4.59. The van der Waals surface area contributed by atoms with Crippen LogP contribution >= 0.6 is 0 Å². The van der Waals surface area contributed by atoms with Crippen LogP contribution in [0.1, 0.15) is 25.7 Å². The van der Waals surface area contributed by atoms with E-state index in [0.717, 1.165) is 64.2 Å².